The third kappa shape index (κ3) is 3.78. The molecule has 3 rings (SSSR count). The fourth-order valence-electron chi connectivity index (χ4n) is 2.65. The van der Waals surface area contributed by atoms with E-state index < -0.39 is 0 Å². The van der Waals surface area contributed by atoms with Gasteiger partial charge in [-0.15, -0.1) is 5.10 Å². The summed E-state index contributed by atoms with van der Waals surface area (Å²) in [5.74, 6) is -0.179. The number of nitrogens with zero attached hydrogens (tertiary/aromatic N) is 5. The summed E-state index contributed by atoms with van der Waals surface area (Å²) in [4.78, 5) is 27.6. The van der Waals surface area contributed by atoms with Gasteiger partial charge in [0.2, 0.25) is 0 Å². The van der Waals surface area contributed by atoms with Gasteiger partial charge < -0.3 is 14.5 Å². The van der Waals surface area contributed by atoms with Crippen molar-refractivity contribution in [1.29, 1.82) is 0 Å². The van der Waals surface area contributed by atoms with Gasteiger partial charge in [-0.2, -0.15) is 0 Å². The first-order valence-corrected chi connectivity index (χ1v) is 8.29. The van der Waals surface area contributed by atoms with Crippen LogP contribution in [-0.2, 0) is 4.74 Å². The molecule has 2 amide bonds. The van der Waals surface area contributed by atoms with Gasteiger partial charge in [0.25, 0.3) is 5.91 Å². The first-order valence-electron chi connectivity index (χ1n) is 8.29. The summed E-state index contributed by atoms with van der Waals surface area (Å²) in [7, 11) is 0. The Labute approximate surface area is 146 Å². The van der Waals surface area contributed by atoms with Gasteiger partial charge in [0.05, 0.1) is 18.5 Å². The van der Waals surface area contributed by atoms with Gasteiger partial charge in [-0.25, -0.2) is 9.48 Å². The van der Waals surface area contributed by atoms with E-state index in [1.54, 1.807) is 27.6 Å². The maximum Gasteiger partial charge on any atom is 0.409 e. The number of amides is 2. The average molecular weight is 343 g/mol. The third-order valence-electron chi connectivity index (χ3n) is 4.10. The Bertz CT molecular complexity index is 748. The molecule has 2 aromatic rings. The maximum absolute atomic E-state index is 12.6. The SMILES string of the molecule is CCOC(=O)N1CCN(C(=O)c2cn(-c3ccc(C)cc3)nn2)CC1. The first-order chi connectivity index (χ1) is 12.1. The number of benzene rings is 1. The first kappa shape index (κ1) is 16.9. The highest BCUT2D eigenvalue weighted by molar-refractivity contribution is 5.92. The van der Waals surface area contributed by atoms with Crippen LogP contribution in [0.1, 0.15) is 23.0 Å². The third-order valence-corrected chi connectivity index (χ3v) is 4.10. The lowest BCUT2D eigenvalue weighted by Gasteiger charge is -2.33. The lowest BCUT2D eigenvalue weighted by atomic mass is 10.2. The van der Waals surface area contributed by atoms with Crippen LogP contribution < -0.4 is 0 Å². The molecule has 1 aliphatic heterocycles. The molecule has 0 saturated carbocycles. The highest BCUT2D eigenvalue weighted by Gasteiger charge is 2.26. The molecule has 1 aromatic heterocycles. The molecule has 1 aliphatic rings. The second-order valence-corrected chi connectivity index (χ2v) is 5.86. The molecular weight excluding hydrogens is 322 g/mol. The van der Waals surface area contributed by atoms with E-state index >= 15 is 0 Å². The van der Waals surface area contributed by atoms with Crippen LogP contribution in [0.5, 0.6) is 0 Å². The number of carbonyl (C=O) groups is 2. The number of hydrogen-bond acceptors (Lipinski definition) is 5. The van der Waals surface area contributed by atoms with Gasteiger partial charge in [-0.3, -0.25) is 4.79 Å². The number of hydrogen-bond donors (Lipinski definition) is 0. The molecule has 0 N–H and O–H groups in total. The molecule has 132 valence electrons. The molecule has 1 fully saturated rings. The topological polar surface area (TPSA) is 80.6 Å². The number of carbonyl (C=O) groups excluding carboxylic acids is 2. The Balaban J connectivity index is 1.63. The van der Waals surface area contributed by atoms with E-state index in [1.807, 2.05) is 31.2 Å². The predicted molar refractivity (Wildman–Crippen MR) is 90.6 cm³/mol. The zero-order valence-corrected chi connectivity index (χ0v) is 14.4. The van der Waals surface area contributed by atoms with Gasteiger partial charge in [-0.05, 0) is 26.0 Å². The second kappa shape index (κ2) is 7.33. The highest BCUT2D eigenvalue weighted by Crippen LogP contribution is 2.11. The van der Waals surface area contributed by atoms with Gasteiger partial charge in [0.1, 0.15) is 0 Å². The lowest BCUT2D eigenvalue weighted by Crippen LogP contribution is -2.50. The number of piperazine rings is 1. The smallest absolute Gasteiger partial charge is 0.409 e. The van der Waals surface area contributed by atoms with Crippen LogP contribution in [-0.4, -0.2) is 69.6 Å². The number of rotatable bonds is 3. The minimum Gasteiger partial charge on any atom is -0.450 e. The standard InChI is InChI=1S/C17H21N5O3/c1-3-25-17(24)21-10-8-20(9-11-21)16(23)15-12-22(19-18-15)14-6-4-13(2)5-7-14/h4-7,12H,3,8-11H2,1-2H3. The van der Waals surface area contributed by atoms with E-state index in [0.717, 1.165) is 11.3 Å². The van der Waals surface area contributed by atoms with Crippen molar-refractivity contribution in [2.45, 2.75) is 13.8 Å². The molecule has 0 spiro atoms. The highest BCUT2D eigenvalue weighted by atomic mass is 16.6. The van der Waals surface area contributed by atoms with Gasteiger partial charge >= 0.3 is 6.09 Å². The minimum absolute atomic E-state index is 0.179. The molecule has 1 saturated heterocycles. The molecule has 8 heteroatoms. The molecule has 8 nitrogen and oxygen atoms in total. The summed E-state index contributed by atoms with van der Waals surface area (Å²) >= 11 is 0. The van der Waals surface area contributed by atoms with E-state index in [0.29, 0.717) is 38.5 Å². The van der Waals surface area contributed by atoms with Crippen molar-refractivity contribution in [3.8, 4) is 5.69 Å². The zero-order chi connectivity index (χ0) is 17.8. The Morgan fingerprint density at radius 3 is 2.36 bits per heavy atom. The fourth-order valence-corrected chi connectivity index (χ4v) is 2.65. The van der Waals surface area contributed by atoms with E-state index in [-0.39, 0.29) is 12.0 Å². The summed E-state index contributed by atoms with van der Waals surface area (Å²) in [6, 6.07) is 7.81. The van der Waals surface area contributed by atoms with Crippen LogP contribution >= 0.6 is 0 Å². The van der Waals surface area contributed by atoms with E-state index in [1.165, 1.54) is 0 Å². The van der Waals surface area contributed by atoms with Crippen LogP contribution in [0.4, 0.5) is 4.79 Å². The van der Waals surface area contributed by atoms with E-state index in [2.05, 4.69) is 10.3 Å². The van der Waals surface area contributed by atoms with Crippen LogP contribution in [0.3, 0.4) is 0 Å². The molecule has 2 heterocycles. The van der Waals surface area contributed by atoms with Crippen LogP contribution in [0.15, 0.2) is 30.5 Å². The van der Waals surface area contributed by atoms with E-state index in [4.69, 9.17) is 4.74 Å². The van der Waals surface area contributed by atoms with Crippen molar-refractivity contribution >= 4 is 12.0 Å². The lowest BCUT2D eigenvalue weighted by molar-refractivity contribution is 0.0566. The predicted octanol–water partition coefficient (Wildman–Crippen LogP) is 1.49. The second-order valence-electron chi connectivity index (χ2n) is 5.86. The van der Waals surface area contributed by atoms with Crippen molar-refractivity contribution in [3.63, 3.8) is 0 Å². The van der Waals surface area contributed by atoms with Crippen molar-refractivity contribution in [1.82, 2.24) is 24.8 Å². The average Bonchev–Trinajstić information content (AvgIpc) is 3.12. The summed E-state index contributed by atoms with van der Waals surface area (Å²) in [5, 5.41) is 8.02. The molecule has 0 bridgehead atoms. The number of ether oxygens (including phenoxy) is 1. The Morgan fingerprint density at radius 1 is 1.08 bits per heavy atom. The van der Waals surface area contributed by atoms with Crippen molar-refractivity contribution in [2.24, 2.45) is 0 Å². The Kier molecular flexibility index (Phi) is 4.97. The van der Waals surface area contributed by atoms with Crippen molar-refractivity contribution in [2.75, 3.05) is 32.8 Å². The molecule has 0 unspecified atom stereocenters. The monoisotopic (exact) mass is 343 g/mol. The summed E-state index contributed by atoms with van der Waals surface area (Å²) in [6.45, 7) is 5.95. The van der Waals surface area contributed by atoms with E-state index in [9.17, 15) is 9.59 Å². The largest absolute Gasteiger partial charge is 0.450 e. The molecule has 0 atom stereocenters. The maximum atomic E-state index is 12.6. The van der Waals surface area contributed by atoms with Gasteiger partial charge in [0, 0.05) is 26.2 Å². The normalized spacial score (nSPS) is 14.5. The summed E-state index contributed by atoms with van der Waals surface area (Å²) < 4.78 is 6.57. The summed E-state index contributed by atoms with van der Waals surface area (Å²) in [5.41, 5.74) is 2.30. The quantitative estimate of drug-likeness (QED) is 0.843. The van der Waals surface area contributed by atoms with Gasteiger partial charge in [-0.1, -0.05) is 22.9 Å². The Hall–Kier alpha value is -2.90. The molecule has 25 heavy (non-hydrogen) atoms. The molecular formula is C17H21N5O3. The van der Waals surface area contributed by atoms with Crippen LogP contribution in [0.2, 0.25) is 0 Å². The fraction of sp³-hybridized carbons (Fsp3) is 0.412. The minimum atomic E-state index is -0.333. The van der Waals surface area contributed by atoms with Crippen molar-refractivity contribution in [3.05, 3.63) is 41.7 Å². The van der Waals surface area contributed by atoms with Crippen LogP contribution in [0, 0.1) is 6.92 Å². The molecule has 1 aromatic carbocycles. The van der Waals surface area contributed by atoms with Crippen molar-refractivity contribution < 1.29 is 14.3 Å². The van der Waals surface area contributed by atoms with Crippen LogP contribution in [0.25, 0.3) is 5.69 Å². The number of aryl methyl sites for hydroxylation is 1. The Morgan fingerprint density at radius 2 is 1.72 bits per heavy atom. The molecule has 0 aliphatic carbocycles. The number of aromatic nitrogens is 3. The zero-order valence-electron chi connectivity index (χ0n) is 14.4. The summed E-state index contributed by atoms with van der Waals surface area (Å²) in [6.07, 6.45) is 1.30. The molecule has 0 radical (unpaired) electrons. The van der Waals surface area contributed by atoms with Gasteiger partial charge in [0.15, 0.2) is 5.69 Å².